The molecule has 0 spiro atoms. The van der Waals surface area contributed by atoms with E-state index in [0.717, 1.165) is 0 Å². The molecule has 0 unspecified atom stereocenters. The number of nitro groups is 2. The number of urea groups is 1. The highest BCUT2D eigenvalue weighted by molar-refractivity contribution is 6.01. The maximum atomic E-state index is 12.0. The Balaban J connectivity index is 2.11. The van der Waals surface area contributed by atoms with Crippen LogP contribution in [0.3, 0.4) is 0 Å². The van der Waals surface area contributed by atoms with Gasteiger partial charge in [-0.3, -0.25) is 20.2 Å². The third kappa shape index (κ3) is 4.64. The van der Waals surface area contributed by atoms with Gasteiger partial charge in [0.1, 0.15) is 11.4 Å². The van der Waals surface area contributed by atoms with Crippen LogP contribution in [0.4, 0.5) is 27.5 Å². The van der Waals surface area contributed by atoms with Crippen LogP contribution in [-0.4, -0.2) is 22.5 Å². The summed E-state index contributed by atoms with van der Waals surface area (Å²) >= 11 is 0. The summed E-state index contributed by atoms with van der Waals surface area (Å²) in [6.07, 6.45) is 0. The third-order valence-electron chi connectivity index (χ3n) is 3.06. The predicted molar refractivity (Wildman–Crippen MR) is 90.0 cm³/mol. The molecular formula is C15H14N4O6. The van der Waals surface area contributed by atoms with Gasteiger partial charge in [-0.1, -0.05) is 0 Å². The van der Waals surface area contributed by atoms with E-state index in [-0.39, 0.29) is 17.1 Å². The molecule has 0 radical (unpaired) electrons. The highest BCUT2D eigenvalue weighted by Gasteiger charge is 2.17. The zero-order valence-corrected chi connectivity index (χ0v) is 13.1. The summed E-state index contributed by atoms with van der Waals surface area (Å²) in [5.74, 6) is 0.315. The van der Waals surface area contributed by atoms with E-state index in [2.05, 4.69) is 10.6 Å². The summed E-state index contributed by atoms with van der Waals surface area (Å²) < 4.78 is 5.20. The Hall–Kier alpha value is -3.69. The quantitative estimate of drug-likeness (QED) is 0.606. The number of hydrogen-bond acceptors (Lipinski definition) is 6. The maximum Gasteiger partial charge on any atom is 0.323 e. The Morgan fingerprint density at radius 2 is 1.72 bits per heavy atom. The largest absolute Gasteiger partial charge is 0.494 e. The highest BCUT2D eigenvalue weighted by Crippen LogP contribution is 2.29. The number of anilines is 2. The van der Waals surface area contributed by atoms with E-state index in [4.69, 9.17) is 4.74 Å². The minimum atomic E-state index is -0.721. The van der Waals surface area contributed by atoms with Gasteiger partial charge in [0.25, 0.3) is 11.4 Å². The molecule has 2 N–H and O–H groups in total. The molecule has 2 aromatic rings. The lowest BCUT2D eigenvalue weighted by atomic mass is 10.2. The number of rotatable bonds is 6. The first kappa shape index (κ1) is 17.7. The number of hydrogen-bond donors (Lipinski definition) is 2. The van der Waals surface area contributed by atoms with Crippen LogP contribution in [0.5, 0.6) is 5.75 Å². The van der Waals surface area contributed by atoms with Crippen LogP contribution < -0.4 is 15.4 Å². The predicted octanol–water partition coefficient (Wildman–Crippen LogP) is 3.55. The molecule has 0 aromatic heterocycles. The molecule has 10 heteroatoms. The molecule has 2 aromatic carbocycles. The fourth-order valence-electron chi connectivity index (χ4n) is 1.98. The number of amides is 2. The van der Waals surface area contributed by atoms with Crippen LogP contribution >= 0.6 is 0 Å². The SMILES string of the molecule is CCOc1ccc(NC(=O)Nc2ccc([N+](=O)[O-])cc2)c([N+](=O)[O-])c1. The van der Waals surface area contributed by atoms with Crippen LogP contribution in [0.15, 0.2) is 42.5 Å². The van der Waals surface area contributed by atoms with E-state index in [1.807, 2.05) is 0 Å². The molecule has 0 atom stereocenters. The van der Waals surface area contributed by atoms with Gasteiger partial charge in [-0.2, -0.15) is 0 Å². The van der Waals surface area contributed by atoms with Gasteiger partial charge < -0.3 is 15.4 Å². The van der Waals surface area contributed by atoms with Crippen molar-refractivity contribution in [3.8, 4) is 5.75 Å². The number of nitrogens with zero attached hydrogens (tertiary/aromatic N) is 2. The van der Waals surface area contributed by atoms with Gasteiger partial charge in [-0.25, -0.2) is 4.79 Å². The van der Waals surface area contributed by atoms with Crippen molar-refractivity contribution in [1.82, 2.24) is 0 Å². The van der Waals surface area contributed by atoms with Gasteiger partial charge in [0.2, 0.25) is 0 Å². The van der Waals surface area contributed by atoms with E-state index in [1.54, 1.807) is 6.92 Å². The molecule has 130 valence electrons. The van der Waals surface area contributed by atoms with Crippen molar-refractivity contribution >= 4 is 28.8 Å². The number of carbonyl (C=O) groups is 1. The van der Waals surface area contributed by atoms with Crippen LogP contribution in [0.1, 0.15) is 6.92 Å². The molecule has 0 aliphatic carbocycles. The van der Waals surface area contributed by atoms with Crippen molar-refractivity contribution < 1.29 is 19.4 Å². The molecule has 0 aliphatic heterocycles. The van der Waals surface area contributed by atoms with Gasteiger partial charge in [0.05, 0.1) is 22.5 Å². The first-order valence-electron chi connectivity index (χ1n) is 7.14. The minimum absolute atomic E-state index is 0.00661. The summed E-state index contributed by atoms with van der Waals surface area (Å²) in [6, 6.07) is 8.51. The zero-order chi connectivity index (χ0) is 18.4. The molecule has 0 aliphatic rings. The molecule has 0 bridgehead atoms. The van der Waals surface area contributed by atoms with Crippen LogP contribution in [-0.2, 0) is 0 Å². The summed E-state index contributed by atoms with van der Waals surface area (Å²) in [5.41, 5.74) is -0.137. The molecule has 0 saturated carbocycles. The fourth-order valence-corrected chi connectivity index (χ4v) is 1.98. The van der Waals surface area contributed by atoms with E-state index in [0.29, 0.717) is 18.0 Å². The molecule has 10 nitrogen and oxygen atoms in total. The Kier molecular flexibility index (Phi) is 5.46. The second-order valence-corrected chi connectivity index (χ2v) is 4.75. The van der Waals surface area contributed by atoms with Crippen molar-refractivity contribution in [3.63, 3.8) is 0 Å². The average Bonchev–Trinajstić information content (AvgIpc) is 2.56. The summed E-state index contributed by atoms with van der Waals surface area (Å²) in [5, 5.41) is 26.5. The number of carbonyl (C=O) groups excluding carboxylic acids is 1. The first-order valence-corrected chi connectivity index (χ1v) is 7.14. The number of non-ortho nitro benzene ring substituents is 1. The Labute approximate surface area is 141 Å². The highest BCUT2D eigenvalue weighted by atomic mass is 16.6. The monoisotopic (exact) mass is 346 g/mol. The second-order valence-electron chi connectivity index (χ2n) is 4.75. The van der Waals surface area contributed by atoms with Crippen molar-refractivity contribution in [2.75, 3.05) is 17.2 Å². The summed E-state index contributed by atoms with van der Waals surface area (Å²) in [7, 11) is 0. The van der Waals surface area contributed by atoms with Gasteiger partial charge in [0, 0.05) is 17.8 Å². The fraction of sp³-hybridized carbons (Fsp3) is 0.133. The summed E-state index contributed by atoms with van der Waals surface area (Å²) in [6.45, 7) is 2.10. The van der Waals surface area contributed by atoms with Gasteiger partial charge in [-0.05, 0) is 31.2 Å². The van der Waals surface area contributed by atoms with Crippen molar-refractivity contribution in [3.05, 3.63) is 62.7 Å². The molecule has 2 amide bonds. The van der Waals surface area contributed by atoms with Crippen molar-refractivity contribution in [2.24, 2.45) is 0 Å². The zero-order valence-electron chi connectivity index (χ0n) is 13.1. The van der Waals surface area contributed by atoms with Gasteiger partial charge >= 0.3 is 6.03 Å². The molecule has 0 fully saturated rings. The number of nitro benzene ring substituents is 2. The van der Waals surface area contributed by atoms with Crippen molar-refractivity contribution in [2.45, 2.75) is 6.92 Å². The number of nitrogens with one attached hydrogen (secondary N) is 2. The molecule has 2 rings (SSSR count). The third-order valence-corrected chi connectivity index (χ3v) is 3.06. The molecule has 25 heavy (non-hydrogen) atoms. The lowest BCUT2D eigenvalue weighted by Gasteiger charge is -2.09. The molecule has 0 heterocycles. The Morgan fingerprint density at radius 1 is 1.04 bits per heavy atom. The number of ether oxygens (including phenoxy) is 1. The van der Waals surface area contributed by atoms with E-state index in [1.165, 1.54) is 42.5 Å². The lowest BCUT2D eigenvalue weighted by Crippen LogP contribution is -2.20. The minimum Gasteiger partial charge on any atom is -0.494 e. The van der Waals surface area contributed by atoms with Gasteiger partial charge in [-0.15, -0.1) is 0 Å². The van der Waals surface area contributed by atoms with E-state index < -0.39 is 15.9 Å². The van der Waals surface area contributed by atoms with Crippen LogP contribution in [0, 0.1) is 20.2 Å². The topological polar surface area (TPSA) is 137 Å². The van der Waals surface area contributed by atoms with Crippen molar-refractivity contribution in [1.29, 1.82) is 0 Å². The Bertz CT molecular complexity index is 806. The summed E-state index contributed by atoms with van der Waals surface area (Å²) in [4.78, 5) is 32.5. The smallest absolute Gasteiger partial charge is 0.323 e. The maximum absolute atomic E-state index is 12.0. The molecular weight excluding hydrogens is 332 g/mol. The van der Waals surface area contributed by atoms with Crippen LogP contribution in [0.25, 0.3) is 0 Å². The van der Waals surface area contributed by atoms with E-state index >= 15 is 0 Å². The molecule has 0 saturated heterocycles. The average molecular weight is 346 g/mol. The number of benzene rings is 2. The first-order chi connectivity index (χ1) is 11.9. The lowest BCUT2D eigenvalue weighted by molar-refractivity contribution is -0.384. The van der Waals surface area contributed by atoms with Crippen LogP contribution in [0.2, 0.25) is 0 Å². The normalized spacial score (nSPS) is 9.96. The second kappa shape index (κ2) is 7.73. The van der Waals surface area contributed by atoms with Gasteiger partial charge in [0.15, 0.2) is 0 Å². The Morgan fingerprint density at radius 3 is 2.28 bits per heavy atom. The van der Waals surface area contributed by atoms with E-state index in [9.17, 15) is 25.0 Å². The standard InChI is InChI=1S/C15H14N4O6/c1-2-25-12-7-8-13(14(9-12)19(23)24)17-15(20)16-10-3-5-11(6-4-10)18(21)22/h3-9H,2H2,1H3,(H2,16,17,20).